The van der Waals surface area contributed by atoms with Crippen molar-refractivity contribution in [1.82, 2.24) is 0 Å². The lowest BCUT2D eigenvalue weighted by atomic mass is 9.57. The van der Waals surface area contributed by atoms with Gasteiger partial charge in [-0.25, -0.2) is 0 Å². The molecule has 3 rings (SSSR count). The first-order chi connectivity index (χ1) is 20.4. The summed E-state index contributed by atoms with van der Waals surface area (Å²) in [6, 6.07) is 21.2. The summed E-state index contributed by atoms with van der Waals surface area (Å²) >= 11 is 0. The third-order valence-electron chi connectivity index (χ3n) is 9.79. The van der Waals surface area contributed by atoms with Gasteiger partial charge in [-0.05, 0) is 118 Å². The van der Waals surface area contributed by atoms with Crippen LogP contribution in [0.25, 0.3) is 0 Å². The zero-order valence-electron chi connectivity index (χ0n) is 26.2. The summed E-state index contributed by atoms with van der Waals surface area (Å²) in [5, 5.41) is 21.1. The van der Waals surface area contributed by atoms with Crippen molar-refractivity contribution in [3.8, 4) is 0 Å². The summed E-state index contributed by atoms with van der Waals surface area (Å²) in [4.78, 5) is 12.6. The van der Waals surface area contributed by atoms with Gasteiger partial charge < -0.3 is 15.9 Å². The quantitative estimate of drug-likeness (QED) is 0.116. The van der Waals surface area contributed by atoms with Gasteiger partial charge in [0, 0.05) is 0 Å². The normalized spacial score (nSPS) is 23.0. The van der Waals surface area contributed by atoms with Gasteiger partial charge in [-0.15, -0.1) is 0 Å². The van der Waals surface area contributed by atoms with E-state index >= 15 is 0 Å². The van der Waals surface area contributed by atoms with Gasteiger partial charge in [0.15, 0.2) is 0 Å². The SMILES string of the molecule is CCCCCC/C=C\C[C@H](CCc1ccccc1)C[C@H]1CC[C@@H](Cc2ccccc2)[C@H]([C@H](C(=O)O)[C@H](C)O)[C@@H]1CCN. The molecular formula is C38H57NO3. The highest BCUT2D eigenvalue weighted by molar-refractivity contribution is 5.71. The highest BCUT2D eigenvalue weighted by atomic mass is 16.4. The first-order valence-electron chi connectivity index (χ1n) is 16.8. The molecule has 1 saturated carbocycles. The number of allylic oxidation sites excluding steroid dienone is 2. The van der Waals surface area contributed by atoms with E-state index in [-0.39, 0.29) is 17.8 Å². The summed E-state index contributed by atoms with van der Waals surface area (Å²) in [6.45, 7) is 4.47. The van der Waals surface area contributed by atoms with Crippen molar-refractivity contribution >= 4 is 5.97 Å². The Morgan fingerprint density at radius 3 is 2.24 bits per heavy atom. The van der Waals surface area contributed by atoms with Crippen LogP contribution in [-0.2, 0) is 17.6 Å². The molecule has 7 atom stereocenters. The third kappa shape index (κ3) is 11.0. The van der Waals surface area contributed by atoms with Crippen LogP contribution >= 0.6 is 0 Å². The summed E-state index contributed by atoms with van der Waals surface area (Å²) in [6.07, 6.45) is 18.3. The molecule has 0 radical (unpaired) electrons. The predicted octanol–water partition coefficient (Wildman–Crippen LogP) is 8.47. The van der Waals surface area contributed by atoms with E-state index in [9.17, 15) is 15.0 Å². The third-order valence-corrected chi connectivity index (χ3v) is 9.79. The molecule has 0 saturated heterocycles. The van der Waals surface area contributed by atoms with Crippen LogP contribution in [0.2, 0.25) is 0 Å². The Morgan fingerprint density at radius 2 is 1.62 bits per heavy atom. The highest BCUT2D eigenvalue weighted by Gasteiger charge is 2.47. The molecule has 1 aliphatic carbocycles. The van der Waals surface area contributed by atoms with E-state index in [1.807, 2.05) is 6.07 Å². The Hall–Kier alpha value is -2.43. The standard InChI is InChI=1S/C38H57NO3/c1-3-4-5-6-7-8-11-20-32(22-21-30-16-12-9-13-17-30)27-33-23-24-34(28-31-18-14-10-15-19-31)37(35(33)25-26-39)36(29(2)40)38(41)42/h8-19,29,32-37,40H,3-7,20-28,39H2,1-2H3,(H,41,42)/b11-8-/t29-,32+,33+,34-,35+,36+,37-/m0/s1. The van der Waals surface area contributed by atoms with Crippen LogP contribution in [0.1, 0.15) is 95.6 Å². The predicted molar refractivity (Wildman–Crippen MR) is 175 cm³/mol. The number of unbranched alkanes of at least 4 members (excludes halogenated alkanes) is 4. The first kappa shape index (κ1) is 34.1. The number of hydrogen-bond donors (Lipinski definition) is 3. The van der Waals surface area contributed by atoms with Gasteiger partial charge in [-0.1, -0.05) is 99.0 Å². The first-order valence-corrected chi connectivity index (χ1v) is 16.8. The Kier molecular flexibility index (Phi) is 15.4. The molecule has 42 heavy (non-hydrogen) atoms. The zero-order valence-corrected chi connectivity index (χ0v) is 26.2. The highest BCUT2D eigenvalue weighted by Crippen LogP contribution is 2.49. The van der Waals surface area contributed by atoms with Crippen molar-refractivity contribution in [3.05, 3.63) is 83.9 Å². The molecule has 1 aliphatic rings. The molecule has 0 unspecified atom stereocenters. The van der Waals surface area contributed by atoms with Crippen LogP contribution in [-0.4, -0.2) is 28.8 Å². The van der Waals surface area contributed by atoms with E-state index in [1.165, 1.54) is 36.8 Å². The average molecular weight is 576 g/mol. The van der Waals surface area contributed by atoms with Gasteiger partial charge in [0.2, 0.25) is 0 Å². The second-order valence-electron chi connectivity index (χ2n) is 12.9. The minimum Gasteiger partial charge on any atom is -0.481 e. The summed E-state index contributed by atoms with van der Waals surface area (Å²) < 4.78 is 0. The topological polar surface area (TPSA) is 83.5 Å². The molecule has 2 aromatic carbocycles. The Morgan fingerprint density at radius 1 is 0.952 bits per heavy atom. The van der Waals surface area contributed by atoms with Gasteiger partial charge in [-0.2, -0.15) is 0 Å². The molecule has 0 aromatic heterocycles. The lowest BCUT2D eigenvalue weighted by molar-refractivity contribution is -0.153. The maximum atomic E-state index is 12.6. The van der Waals surface area contributed by atoms with E-state index in [0.717, 1.165) is 57.8 Å². The van der Waals surface area contributed by atoms with Gasteiger partial charge in [0.05, 0.1) is 12.0 Å². The number of rotatable bonds is 19. The van der Waals surface area contributed by atoms with Gasteiger partial charge in [0.25, 0.3) is 0 Å². The molecule has 2 aromatic rings. The smallest absolute Gasteiger partial charge is 0.309 e. The molecule has 4 nitrogen and oxygen atoms in total. The van der Waals surface area contributed by atoms with E-state index in [1.54, 1.807) is 6.92 Å². The van der Waals surface area contributed by atoms with Crippen molar-refractivity contribution in [1.29, 1.82) is 0 Å². The van der Waals surface area contributed by atoms with Crippen molar-refractivity contribution in [2.45, 2.75) is 103 Å². The molecule has 0 spiro atoms. The number of carbonyl (C=O) groups is 1. The van der Waals surface area contributed by atoms with Crippen molar-refractivity contribution < 1.29 is 15.0 Å². The maximum absolute atomic E-state index is 12.6. The number of benzene rings is 2. The van der Waals surface area contributed by atoms with E-state index in [2.05, 4.69) is 73.7 Å². The van der Waals surface area contributed by atoms with E-state index in [0.29, 0.717) is 18.4 Å². The van der Waals surface area contributed by atoms with E-state index < -0.39 is 18.0 Å². The number of nitrogens with two attached hydrogens (primary N) is 1. The lowest BCUT2D eigenvalue weighted by Crippen LogP contribution is -2.47. The van der Waals surface area contributed by atoms with Crippen LogP contribution in [0.15, 0.2) is 72.8 Å². The molecule has 232 valence electrons. The van der Waals surface area contributed by atoms with Crippen molar-refractivity contribution in [2.24, 2.45) is 41.2 Å². The summed E-state index contributed by atoms with van der Waals surface area (Å²) in [5.74, 6) is -0.347. The Bertz CT molecular complexity index is 1020. The van der Waals surface area contributed by atoms with Crippen molar-refractivity contribution in [3.63, 3.8) is 0 Å². The molecular weight excluding hydrogens is 518 g/mol. The van der Waals surface area contributed by atoms with Crippen LogP contribution in [0, 0.1) is 35.5 Å². The van der Waals surface area contributed by atoms with E-state index in [4.69, 9.17) is 5.73 Å². The minimum absolute atomic E-state index is 0.0890. The van der Waals surface area contributed by atoms with Gasteiger partial charge >= 0.3 is 5.97 Å². The largest absolute Gasteiger partial charge is 0.481 e. The Labute approximate surface area is 255 Å². The number of aliphatic carboxylic acids is 1. The van der Waals surface area contributed by atoms with Crippen LogP contribution in [0.3, 0.4) is 0 Å². The van der Waals surface area contributed by atoms with Crippen LogP contribution < -0.4 is 5.73 Å². The molecule has 0 aliphatic heterocycles. The van der Waals surface area contributed by atoms with Crippen LogP contribution in [0.5, 0.6) is 0 Å². The maximum Gasteiger partial charge on any atom is 0.309 e. The number of aliphatic hydroxyl groups is 1. The second kappa shape index (κ2) is 19.0. The molecule has 0 heterocycles. The van der Waals surface area contributed by atoms with Gasteiger partial charge in [0.1, 0.15) is 0 Å². The summed E-state index contributed by atoms with van der Waals surface area (Å²) in [7, 11) is 0. The molecule has 1 fully saturated rings. The number of carboxylic acids is 1. The van der Waals surface area contributed by atoms with Crippen LogP contribution in [0.4, 0.5) is 0 Å². The monoisotopic (exact) mass is 575 g/mol. The number of carboxylic acid groups (broad SMARTS) is 1. The summed E-state index contributed by atoms with van der Waals surface area (Å²) in [5.41, 5.74) is 8.86. The second-order valence-corrected chi connectivity index (χ2v) is 12.9. The lowest BCUT2D eigenvalue weighted by Gasteiger charge is -2.47. The fourth-order valence-corrected chi connectivity index (χ4v) is 7.69. The fourth-order valence-electron chi connectivity index (χ4n) is 7.69. The number of aryl methyl sites for hydroxylation is 1. The molecule has 0 bridgehead atoms. The number of hydrogen-bond acceptors (Lipinski definition) is 3. The fraction of sp³-hybridized carbons (Fsp3) is 0.605. The van der Waals surface area contributed by atoms with Crippen molar-refractivity contribution in [2.75, 3.05) is 6.54 Å². The molecule has 4 N–H and O–H groups in total. The molecule has 4 heteroatoms. The number of aliphatic hydroxyl groups excluding tert-OH is 1. The van der Waals surface area contributed by atoms with Gasteiger partial charge in [-0.3, -0.25) is 4.79 Å². The Balaban J connectivity index is 1.81. The molecule has 0 amide bonds. The zero-order chi connectivity index (χ0) is 30.2. The average Bonchev–Trinajstić information content (AvgIpc) is 2.98. The minimum atomic E-state index is -0.894.